The summed E-state index contributed by atoms with van der Waals surface area (Å²) in [6, 6.07) is 10.9. The molecule has 0 bridgehead atoms. The van der Waals surface area contributed by atoms with Gasteiger partial charge in [0.25, 0.3) is 0 Å². The Morgan fingerprint density at radius 1 is 1.16 bits per heavy atom. The van der Waals surface area contributed by atoms with E-state index in [0.717, 1.165) is 77.8 Å². The molecule has 2 aliphatic rings. The van der Waals surface area contributed by atoms with Crippen LogP contribution in [-0.4, -0.2) is 70.8 Å². The highest BCUT2D eigenvalue weighted by Crippen LogP contribution is 2.25. The lowest BCUT2D eigenvalue weighted by atomic mass is 9.88. The Morgan fingerprint density at radius 2 is 1.94 bits per heavy atom. The van der Waals surface area contributed by atoms with E-state index >= 15 is 0 Å². The summed E-state index contributed by atoms with van der Waals surface area (Å²) < 4.78 is 16.8. The van der Waals surface area contributed by atoms with Gasteiger partial charge in [0.15, 0.2) is 5.96 Å². The average molecular weight is 546 g/mol. The van der Waals surface area contributed by atoms with Crippen LogP contribution in [0.2, 0.25) is 0 Å². The standard InChI is InChI=1S/C23H38N4O3.HI/c1-19(20-7-4-3-5-8-20)27-23(10-15-28-16-11-23)18-26-22(24-2)25-12-6-13-30-21-9-14-29-17-21;/h3-5,7-8,19,21,27H,6,9-18H2,1-2H3,(H2,24,25,26);1H. The number of ether oxygens (including phenoxy) is 3. The lowest BCUT2D eigenvalue weighted by Gasteiger charge is -2.41. The average Bonchev–Trinajstić information content (AvgIpc) is 3.30. The number of nitrogens with zero attached hydrogens (tertiary/aromatic N) is 1. The molecule has 3 N–H and O–H groups in total. The molecule has 2 saturated heterocycles. The third-order valence-electron chi connectivity index (χ3n) is 5.95. The lowest BCUT2D eigenvalue weighted by Crippen LogP contribution is -2.58. The van der Waals surface area contributed by atoms with Gasteiger partial charge in [-0.1, -0.05) is 30.3 Å². The monoisotopic (exact) mass is 546 g/mol. The largest absolute Gasteiger partial charge is 0.381 e. The van der Waals surface area contributed by atoms with E-state index in [-0.39, 0.29) is 41.7 Å². The zero-order valence-corrected chi connectivity index (χ0v) is 21.2. The lowest BCUT2D eigenvalue weighted by molar-refractivity contribution is 0.0354. The molecule has 8 heteroatoms. The van der Waals surface area contributed by atoms with Gasteiger partial charge >= 0.3 is 0 Å². The van der Waals surface area contributed by atoms with E-state index in [1.54, 1.807) is 0 Å². The zero-order valence-electron chi connectivity index (χ0n) is 18.9. The van der Waals surface area contributed by atoms with Crippen molar-refractivity contribution in [2.45, 2.75) is 50.3 Å². The molecule has 0 amide bonds. The minimum Gasteiger partial charge on any atom is -0.381 e. The molecular weight excluding hydrogens is 507 g/mol. The molecule has 31 heavy (non-hydrogen) atoms. The van der Waals surface area contributed by atoms with Crippen molar-refractivity contribution in [3.8, 4) is 0 Å². The second-order valence-electron chi connectivity index (χ2n) is 8.23. The van der Waals surface area contributed by atoms with Crippen molar-refractivity contribution in [1.29, 1.82) is 0 Å². The van der Waals surface area contributed by atoms with E-state index in [2.05, 4.69) is 58.2 Å². The summed E-state index contributed by atoms with van der Waals surface area (Å²) in [4.78, 5) is 4.39. The van der Waals surface area contributed by atoms with Gasteiger partial charge in [-0.05, 0) is 38.2 Å². The summed E-state index contributed by atoms with van der Waals surface area (Å²) in [6.45, 7) is 7.74. The molecule has 2 atom stereocenters. The van der Waals surface area contributed by atoms with Crippen molar-refractivity contribution >= 4 is 29.9 Å². The van der Waals surface area contributed by atoms with E-state index in [1.165, 1.54) is 5.56 Å². The summed E-state index contributed by atoms with van der Waals surface area (Å²) in [5, 5.41) is 10.8. The van der Waals surface area contributed by atoms with Crippen molar-refractivity contribution in [2.75, 3.05) is 53.2 Å². The van der Waals surface area contributed by atoms with E-state index in [0.29, 0.717) is 0 Å². The van der Waals surface area contributed by atoms with Crippen LogP contribution in [0.25, 0.3) is 0 Å². The van der Waals surface area contributed by atoms with Crippen LogP contribution in [0.3, 0.4) is 0 Å². The zero-order chi connectivity index (χ0) is 21.1. The Morgan fingerprint density at radius 3 is 2.61 bits per heavy atom. The maximum atomic E-state index is 5.83. The number of hydrogen-bond acceptors (Lipinski definition) is 5. The summed E-state index contributed by atoms with van der Waals surface area (Å²) >= 11 is 0. The highest BCUT2D eigenvalue weighted by molar-refractivity contribution is 14.0. The number of guanidine groups is 1. The third kappa shape index (κ3) is 8.84. The molecule has 1 aromatic rings. The third-order valence-corrected chi connectivity index (χ3v) is 5.95. The number of rotatable bonds is 10. The van der Waals surface area contributed by atoms with Crippen molar-refractivity contribution < 1.29 is 14.2 Å². The first-order valence-corrected chi connectivity index (χ1v) is 11.2. The van der Waals surface area contributed by atoms with E-state index in [1.807, 2.05) is 7.05 Å². The number of aliphatic imine (C=N–C) groups is 1. The summed E-state index contributed by atoms with van der Waals surface area (Å²) in [7, 11) is 1.82. The smallest absolute Gasteiger partial charge is 0.191 e. The molecule has 3 rings (SSSR count). The second-order valence-corrected chi connectivity index (χ2v) is 8.23. The first-order valence-electron chi connectivity index (χ1n) is 11.2. The minimum atomic E-state index is -0.0172. The fourth-order valence-corrected chi connectivity index (χ4v) is 4.07. The number of halogens is 1. The van der Waals surface area contributed by atoms with Gasteiger partial charge in [0.2, 0.25) is 0 Å². The normalized spacial score (nSPS) is 21.9. The van der Waals surface area contributed by atoms with Crippen molar-refractivity contribution in [3.05, 3.63) is 35.9 Å². The summed E-state index contributed by atoms with van der Waals surface area (Å²) in [5.74, 6) is 0.833. The Balaban J connectivity index is 0.00000341. The number of hydrogen-bond donors (Lipinski definition) is 3. The predicted molar refractivity (Wildman–Crippen MR) is 135 cm³/mol. The molecule has 176 valence electrons. The van der Waals surface area contributed by atoms with Gasteiger partial charge in [-0.3, -0.25) is 4.99 Å². The van der Waals surface area contributed by atoms with Crippen molar-refractivity contribution in [2.24, 2.45) is 4.99 Å². The van der Waals surface area contributed by atoms with E-state index in [4.69, 9.17) is 14.2 Å². The number of benzene rings is 1. The molecule has 0 radical (unpaired) electrons. The SMILES string of the molecule is CN=C(NCCCOC1CCOC1)NCC1(NC(C)c2ccccc2)CCOCC1.I. The maximum absolute atomic E-state index is 5.83. The first-order chi connectivity index (χ1) is 14.7. The fourth-order valence-electron chi connectivity index (χ4n) is 4.07. The van der Waals surface area contributed by atoms with Crippen LogP contribution in [-0.2, 0) is 14.2 Å². The Hall–Kier alpha value is -0.940. The van der Waals surface area contributed by atoms with Crippen LogP contribution < -0.4 is 16.0 Å². The highest BCUT2D eigenvalue weighted by atomic mass is 127. The highest BCUT2D eigenvalue weighted by Gasteiger charge is 2.34. The van der Waals surface area contributed by atoms with Crippen molar-refractivity contribution in [1.82, 2.24) is 16.0 Å². The van der Waals surface area contributed by atoms with Gasteiger partial charge in [-0.15, -0.1) is 24.0 Å². The summed E-state index contributed by atoms with van der Waals surface area (Å²) in [6.07, 6.45) is 4.18. The van der Waals surface area contributed by atoms with Crippen LogP contribution >= 0.6 is 24.0 Å². The Bertz CT molecular complexity index is 635. The molecule has 2 unspecified atom stereocenters. The van der Waals surface area contributed by atoms with Gasteiger partial charge < -0.3 is 30.2 Å². The number of nitrogens with one attached hydrogen (secondary N) is 3. The predicted octanol–water partition coefficient (Wildman–Crippen LogP) is 2.87. The van der Waals surface area contributed by atoms with Gasteiger partial charge in [0, 0.05) is 58.1 Å². The van der Waals surface area contributed by atoms with Gasteiger partial charge in [-0.2, -0.15) is 0 Å². The van der Waals surface area contributed by atoms with Crippen molar-refractivity contribution in [3.63, 3.8) is 0 Å². The topological polar surface area (TPSA) is 76.1 Å². The first kappa shape index (κ1) is 26.3. The summed E-state index contributed by atoms with van der Waals surface area (Å²) in [5.41, 5.74) is 1.29. The van der Waals surface area contributed by atoms with Crippen LogP contribution in [0.4, 0.5) is 0 Å². The Kier molecular flexibility index (Phi) is 12.1. The van der Waals surface area contributed by atoms with Crippen LogP contribution in [0.1, 0.15) is 44.2 Å². The molecule has 2 aliphatic heterocycles. The molecule has 0 aromatic heterocycles. The van der Waals surface area contributed by atoms with Gasteiger partial charge in [0.05, 0.1) is 12.7 Å². The quantitative estimate of drug-likeness (QED) is 0.182. The van der Waals surface area contributed by atoms with E-state index in [9.17, 15) is 0 Å². The molecule has 2 fully saturated rings. The molecule has 7 nitrogen and oxygen atoms in total. The molecular formula is C23H39IN4O3. The molecule has 2 heterocycles. The molecule has 1 aromatic carbocycles. The maximum Gasteiger partial charge on any atom is 0.191 e. The second kappa shape index (κ2) is 14.3. The van der Waals surface area contributed by atoms with Crippen LogP contribution in [0.15, 0.2) is 35.3 Å². The van der Waals surface area contributed by atoms with E-state index < -0.39 is 0 Å². The molecule has 0 saturated carbocycles. The Labute approximate surface area is 204 Å². The van der Waals surface area contributed by atoms with Gasteiger partial charge in [-0.25, -0.2) is 0 Å². The fraction of sp³-hybridized carbons (Fsp3) is 0.696. The minimum absolute atomic E-state index is 0. The van der Waals surface area contributed by atoms with Crippen LogP contribution in [0, 0.1) is 0 Å². The van der Waals surface area contributed by atoms with Crippen LogP contribution in [0.5, 0.6) is 0 Å². The molecule has 0 spiro atoms. The van der Waals surface area contributed by atoms with Gasteiger partial charge in [0.1, 0.15) is 0 Å². The molecule has 0 aliphatic carbocycles.